The van der Waals surface area contributed by atoms with E-state index in [4.69, 9.17) is 4.74 Å². The van der Waals surface area contributed by atoms with Crippen LogP contribution in [0.2, 0.25) is 0 Å². The third kappa shape index (κ3) is 3.79. The van der Waals surface area contributed by atoms with Crippen molar-refractivity contribution in [2.75, 3.05) is 43.9 Å². The van der Waals surface area contributed by atoms with Crippen molar-refractivity contribution < 1.29 is 13.2 Å². The van der Waals surface area contributed by atoms with Gasteiger partial charge in [-0.15, -0.1) is 11.3 Å². The zero-order valence-electron chi connectivity index (χ0n) is 13.0. The molecule has 0 spiro atoms. The molecular weight excluding hydrogens is 336 g/mol. The second kappa shape index (κ2) is 7.08. The minimum Gasteiger partial charge on any atom is -0.379 e. The molecule has 1 saturated heterocycles. The molecule has 2 aromatic rings. The van der Waals surface area contributed by atoms with Gasteiger partial charge in [-0.25, -0.2) is 18.4 Å². The molecule has 23 heavy (non-hydrogen) atoms. The summed E-state index contributed by atoms with van der Waals surface area (Å²) in [6.45, 7) is 4.22. The van der Waals surface area contributed by atoms with Gasteiger partial charge in [-0.1, -0.05) is 6.92 Å². The normalized spacial score (nSPS) is 16.7. The molecule has 0 bridgehead atoms. The zero-order valence-corrected chi connectivity index (χ0v) is 14.6. The van der Waals surface area contributed by atoms with Crippen LogP contribution >= 0.6 is 11.3 Å². The second-order valence-corrected chi connectivity index (χ2v) is 8.47. The van der Waals surface area contributed by atoms with Crippen LogP contribution in [0.3, 0.4) is 0 Å². The first-order chi connectivity index (χ1) is 11.1. The fourth-order valence-corrected chi connectivity index (χ4v) is 4.73. The number of rotatable bonds is 6. The fraction of sp³-hybridized carbons (Fsp3) is 0.571. The Kier molecular flexibility index (Phi) is 5.10. The summed E-state index contributed by atoms with van der Waals surface area (Å²) in [5.74, 6) is 0.742. The minimum atomic E-state index is -3.26. The maximum Gasteiger partial charge on any atom is 0.215 e. The smallest absolute Gasteiger partial charge is 0.215 e. The molecule has 0 radical (unpaired) electrons. The van der Waals surface area contributed by atoms with Gasteiger partial charge in [-0.3, -0.25) is 0 Å². The molecule has 7 nitrogen and oxygen atoms in total. The Morgan fingerprint density at radius 2 is 2.13 bits per heavy atom. The Morgan fingerprint density at radius 3 is 2.87 bits per heavy atom. The maximum absolute atomic E-state index is 12.3. The largest absolute Gasteiger partial charge is 0.379 e. The van der Waals surface area contributed by atoms with E-state index in [9.17, 15) is 8.42 Å². The molecule has 0 amide bonds. The first-order valence-electron chi connectivity index (χ1n) is 7.63. The van der Waals surface area contributed by atoms with Gasteiger partial charge in [0.25, 0.3) is 0 Å². The lowest BCUT2D eigenvalue weighted by molar-refractivity contribution is 0.0731. The quantitative estimate of drug-likeness (QED) is 0.840. The van der Waals surface area contributed by atoms with Crippen LogP contribution in [0.4, 0.5) is 5.82 Å². The van der Waals surface area contributed by atoms with E-state index in [-0.39, 0.29) is 5.75 Å². The molecule has 0 aromatic carbocycles. The molecule has 9 heteroatoms. The molecule has 126 valence electrons. The van der Waals surface area contributed by atoms with Crippen molar-refractivity contribution in [3.05, 3.63) is 17.3 Å². The Balaban J connectivity index is 1.65. The van der Waals surface area contributed by atoms with Gasteiger partial charge in [0, 0.05) is 24.5 Å². The zero-order chi connectivity index (χ0) is 16.3. The van der Waals surface area contributed by atoms with Crippen LogP contribution in [0.25, 0.3) is 10.2 Å². The van der Waals surface area contributed by atoms with Gasteiger partial charge in [0.05, 0.1) is 24.4 Å². The third-order valence-electron chi connectivity index (χ3n) is 3.74. The summed E-state index contributed by atoms with van der Waals surface area (Å²) in [5.41, 5.74) is 0. The summed E-state index contributed by atoms with van der Waals surface area (Å²) < 4.78 is 31.3. The minimum absolute atomic E-state index is 0.0449. The lowest BCUT2D eigenvalue weighted by Crippen LogP contribution is -2.42. The second-order valence-electron chi connectivity index (χ2n) is 5.26. The molecule has 3 rings (SSSR count). The number of fused-ring (bicyclic) bond motifs is 1. The van der Waals surface area contributed by atoms with E-state index in [0.717, 1.165) is 16.6 Å². The Morgan fingerprint density at radius 1 is 1.35 bits per heavy atom. The van der Waals surface area contributed by atoms with Gasteiger partial charge in [0.2, 0.25) is 10.0 Å². The van der Waals surface area contributed by atoms with Gasteiger partial charge in [0.15, 0.2) is 0 Å². The number of aromatic nitrogens is 2. The van der Waals surface area contributed by atoms with Crippen LogP contribution in [0.5, 0.6) is 0 Å². The summed E-state index contributed by atoms with van der Waals surface area (Å²) in [6, 6.07) is 2.07. The number of aryl methyl sites for hydroxylation is 1. The van der Waals surface area contributed by atoms with Gasteiger partial charge in [-0.2, -0.15) is 4.31 Å². The monoisotopic (exact) mass is 356 g/mol. The van der Waals surface area contributed by atoms with Crippen molar-refractivity contribution in [1.29, 1.82) is 0 Å². The summed E-state index contributed by atoms with van der Waals surface area (Å²) in [5, 5.41) is 4.10. The first-order valence-corrected chi connectivity index (χ1v) is 10.1. The van der Waals surface area contributed by atoms with Crippen molar-refractivity contribution in [2.24, 2.45) is 0 Å². The van der Waals surface area contributed by atoms with Gasteiger partial charge in [-0.05, 0) is 12.5 Å². The number of sulfonamides is 1. The average molecular weight is 356 g/mol. The molecule has 0 atom stereocenters. The van der Waals surface area contributed by atoms with Gasteiger partial charge in [0.1, 0.15) is 17.0 Å². The highest BCUT2D eigenvalue weighted by Crippen LogP contribution is 2.28. The Hall–Kier alpha value is -1.29. The van der Waals surface area contributed by atoms with Crippen molar-refractivity contribution in [3.8, 4) is 0 Å². The highest BCUT2D eigenvalue weighted by Gasteiger charge is 2.23. The first kappa shape index (κ1) is 16.6. The number of ether oxygens (including phenoxy) is 1. The van der Waals surface area contributed by atoms with Crippen LogP contribution in [-0.4, -0.2) is 61.3 Å². The lowest BCUT2D eigenvalue weighted by Gasteiger charge is -2.26. The molecule has 1 aliphatic heterocycles. The molecule has 2 aromatic heterocycles. The lowest BCUT2D eigenvalue weighted by atomic mass is 10.3. The third-order valence-corrected chi connectivity index (χ3v) is 6.80. The highest BCUT2D eigenvalue weighted by molar-refractivity contribution is 7.89. The molecule has 1 aliphatic rings. The predicted molar refractivity (Wildman–Crippen MR) is 91.5 cm³/mol. The fourth-order valence-electron chi connectivity index (χ4n) is 2.47. The van der Waals surface area contributed by atoms with Gasteiger partial charge < -0.3 is 10.1 Å². The average Bonchev–Trinajstić information content (AvgIpc) is 3.00. The molecule has 0 aliphatic carbocycles. The summed E-state index contributed by atoms with van der Waals surface area (Å²) in [4.78, 5) is 10.7. The molecular formula is C14H20N4O3S2. The van der Waals surface area contributed by atoms with E-state index in [1.165, 1.54) is 15.5 Å². The van der Waals surface area contributed by atoms with Crippen molar-refractivity contribution >= 4 is 37.4 Å². The summed E-state index contributed by atoms with van der Waals surface area (Å²) >= 11 is 1.64. The van der Waals surface area contributed by atoms with E-state index in [1.807, 2.05) is 0 Å². The van der Waals surface area contributed by atoms with E-state index >= 15 is 0 Å². The van der Waals surface area contributed by atoms with Crippen molar-refractivity contribution in [3.63, 3.8) is 0 Å². The number of anilines is 1. The molecule has 1 N–H and O–H groups in total. The number of hydrogen-bond acceptors (Lipinski definition) is 7. The molecule has 0 unspecified atom stereocenters. The van der Waals surface area contributed by atoms with Gasteiger partial charge >= 0.3 is 0 Å². The number of nitrogens with one attached hydrogen (secondary N) is 1. The SMILES string of the molecule is CCc1cc2c(NCCS(=O)(=O)N3CCOCC3)ncnc2s1. The predicted octanol–water partition coefficient (Wildman–Crippen LogP) is 1.33. The van der Waals surface area contributed by atoms with E-state index in [1.54, 1.807) is 11.3 Å². The summed E-state index contributed by atoms with van der Waals surface area (Å²) in [6.07, 6.45) is 2.46. The van der Waals surface area contributed by atoms with E-state index in [2.05, 4.69) is 28.3 Å². The standard InChI is InChI=1S/C14H20N4O3S2/c1-2-11-9-12-13(16-10-17-14(12)22-11)15-3-8-23(19,20)18-4-6-21-7-5-18/h9-10H,2-8H2,1H3,(H,15,16,17). The highest BCUT2D eigenvalue weighted by atomic mass is 32.2. The van der Waals surface area contributed by atoms with E-state index in [0.29, 0.717) is 38.7 Å². The molecule has 1 fully saturated rings. The van der Waals surface area contributed by atoms with Crippen molar-refractivity contribution in [2.45, 2.75) is 13.3 Å². The Bertz CT molecular complexity index is 769. The molecule has 3 heterocycles. The van der Waals surface area contributed by atoms with Crippen LogP contribution < -0.4 is 5.32 Å². The maximum atomic E-state index is 12.3. The summed E-state index contributed by atoms with van der Waals surface area (Å²) in [7, 11) is -3.26. The van der Waals surface area contributed by atoms with Crippen LogP contribution in [0.15, 0.2) is 12.4 Å². The van der Waals surface area contributed by atoms with Crippen LogP contribution in [0.1, 0.15) is 11.8 Å². The topological polar surface area (TPSA) is 84.4 Å². The number of thiophene rings is 1. The van der Waals surface area contributed by atoms with Crippen LogP contribution in [0, 0.1) is 0 Å². The number of nitrogens with zero attached hydrogens (tertiary/aromatic N) is 3. The number of hydrogen-bond donors (Lipinski definition) is 1. The van der Waals surface area contributed by atoms with E-state index < -0.39 is 10.0 Å². The Labute approximate surface area is 139 Å². The molecule has 0 saturated carbocycles. The van der Waals surface area contributed by atoms with Crippen LogP contribution in [-0.2, 0) is 21.2 Å². The van der Waals surface area contributed by atoms with Crippen molar-refractivity contribution in [1.82, 2.24) is 14.3 Å². The number of morpholine rings is 1.